The van der Waals surface area contributed by atoms with E-state index < -0.39 is 5.97 Å². The number of benzene rings is 1. The van der Waals surface area contributed by atoms with Crippen molar-refractivity contribution < 1.29 is 15.0 Å². The third kappa shape index (κ3) is 4.00. The molecular formula is C13H14O3. The molecule has 0 heterocycles. The number of hydrogen-bond acceptors (Lipinski definition) is 2. The molecule has 3 heteroatoms. The van der Waals surface area contributed by atoms with Gasteiger partial charge in [0.25, 0.3) is 0 Å². The molecule has 0 bridgehead atoms. The number of carboxylic acids is 1. The molecule has 1 aromatic rings. The largest absolute Gasteiger partial charge is 0.508 e. The van der Waals surface area contributed by atoms with E-state index >= 15 is 0 Å². The number of carbonyl (C=O) groups is 1. The molecule has 0 radical (unpaired) electrons. The molecule has 3 nitrogen and oxygen atoms in total. The predicted octanol–water partition coefficient (Wildman–Crippen LogP) is 2.83. The van der Waals surface area contributed by atoms with Crippen molar-refractivity contribution in [3.05, 3.63) is 47.6 Å². The van der Waals surface area contributed by atoms with E-state index in [4.69, 9.17) is 10.2 Å². The number of carboxylic acid groups (broad SMARTS) is 1. The Morgan fingerprint density at radius 2 is 1.94 bits per heavy atom. The fourth-order valence-electron chi connectivity index (χ4n) is 1.12. The SMILES string of the molecule is CC(=CCC=Cc1ccc(O)cc1)C(=O)O. The summed E-state index contributed by atoms with van der Waals surface area (Å²) in [6.07, 6.45) is 5.99. The van der Waals surface area contributed by atoms with Gasteiger partial charge in [0.1, 0.15) is 5.75 Å². The normalized spacial score (nSPS) is 11.9. The van der Waals surface area contributed by atoms with E-state index in [-0.39, 0.29) is 5.75 Å². The molecule has 0 aromatic heterocycles. The molecule has 0 atom stereocenters. The molecule has 0 aliphatic heterocycles. The Labute approximate surface area is 94.4 Å². The first-order valence-corrected chi connectivity index (χ1v) is 4.95. The second-order valence-corrected chi connectivity index (χ2v) is 3.42. The van der Waals surface area contributed by atoms with E-state index in [0.29, 0.717) is 12.0 Å². The quantitative estimate of drug-likeness (QED) is 0.764. The van der Waals surface area contributed by atoms with Crippen molar-refractivity contribution in [3.8, 4) is 5.75 Å². The molecule has 16 heavy (non-hydrogen) atoms. The van der Waals surface area contributed by atoms with Crippen LogP contribution in [0.3, 0.4) is 0 Å². The molecule has 0 fully saturated rings. The third-order valence-electron chi connectivity index (χ3n) is 2.10. The summed E-state index contributed by atoms with van der Waals surface area (Å²) in [5, 5.41) is 17.7. The van der Waals surface area contributed by atoms with Gasteiger partial charge in [-0.05, 0) is 31.0 Å². The van der Waals surface area contributed by atoms with Crippen LogP contribution in [0.15, 0.2) is 42.0 Å². The van der Waals surface area contributed by atoms with Crippen molar-refractivity contribution in [2.24, 2.45) is 0 Å². The number of phenolic OH excluding ortho intramolecular Hbond substituents is 1. The zero-order valence-electron chi connectivity index (χ0n) is 9.05. The van der Waals surface area contributed by atoms with Crippen molar-refractivity contribution >= 4 is 12.0 Å². The number of aromatic hydroxyl groups is 1. The zero-order valence-corrected chi connectivity index (χ0v) is 9.05. The van der Waals surface area contributed by atoms with Crippen molar-refractivity contribution in [2.45, 2.75) is 13.3 Å². The summed E-state index contributed by atoms with van der Waals surface area (Å²) in [6, 6.07) is 6.80. The Bertz CT molecular complexity index is 413. The van der Waals surface area contributed by atoms with Gasteiger partial charge in [-0.15, -0.1) is 0 Å². The van der Waals surface area contributed by atoms with Crippen LogP contribution in [0.2, 0.25) is 0 Å². The average molecular weight is 218 g/mol. The molecule has 0 amide bonds. The first-order valence-electron chi connectivity index (χ1n) is 4.95. The number of phenols is 1. The fourth-order valence-corrected chi connectivity index (χ4v) is 1.12. The van der Waals surface area contributed by atoms with E-state index in [9.17, 15) is 4.79 Å². The molecule has 0 saturated heterocycles. The smallest absolute Gasteiger partial charge is 0.330 e. The van der Waals surface area contributed by atoms with Crippen LogP contribution in [0.1, 0.15) is 18.9 Å². The average Bonchev–Trinajstić information content (AvgIpc) is 2.26. The highest BCUT2D eigenvalue weighted by Crippen LogP contribution is 2.11. The summed E-state index contributed by atoms with van der Waals surface area (Å²) in [7, 11) is 0. The van der Waals surface area contributed by atoms with Crippen molar-refractivity contribution in [1.82, 2.24) is 0 Å². The molecule has 84 valence electrons. The Balaban J connectivity index is 2.52. The first-order chi connectivity index (χ1) is 7.59. The molecule has 0 spiro atoms. The number of allylic oxidation sites excluding steroid dienone is 2. The third-order valence-corrected chi connectivity index (χ3v) is 2.10. The van der Waals surface area contributed by atoms with Gasteiger partial charge in [-0.3, -0.25) is 0 Å². The van der Waals surface area contributed by atoms with Crippen LogP contribution >= 0.6 is 0 Å². The van der Waals surface area contributed by atoms with Gasteiger partial charge in [-0.1, -0.05) is 30.4 Å². The van der Waals surface area contributed by atoms with Gasteiger partial charge >= 0.3 is 5.97 Å². The minimum atomic E-state index is -0.891. The Hall–Kier alpha value is -2.03. The lowest BCUT2D eigenvalue weighted by Crippen LogP contribution is -1.94. The van der Waals surface area contributed by atoms with Crippen LogP contribution in [0, 0.1) is 0 Å². The maximum Gasteiger partial charge on any atom is 0.330 e. The Kier molecular flexibility index (Phi) is 4.33. The Morgan fingerprint density at radius 1 is 1.31 bits per heavy atom. The fraction of sp³-hybridized carbons (Fsp3) is 0.154. The molecular weight excluding hydrogens is 204 g/mol. The molecule has 0 aliphatic carbocycles. The van der Waals surface area contributed by atoms with Crippen LogP contribution < -0.4 is 0 Å². The van der Waals surface area contributed by atoms with Crippen LogP contribution in [0.25, 0.3) is 6.08 Å². The molecule has 1 aromatic carbocycles. The predicted molar refractivity (Wildman–Crippen MR) is 63.2 cm³/mol. The molecule has 2 N–H and O–H groups in total. The van der Waals surface area contributed by atoms with E-state index in [0.717, 1.165) is 5.56 Å². The lowest BCUT2D eigenvalue weighted by atomic mass is 10.2. The van der Waals surface area contributed by atoms with E-state index in [1.807, 2.05) is 12.2 Å². The van der Waals surface area contributed by atoms with Gasteiger partial charge < -0.3 is 10.2 Å². The van der Waals surface area contributed by atoms with Crippen molar-refractivity contribution in [3.63, 3.8) is 0 Å². The topological polar surface area (TPSA) is 57.5 Å². The molecule has 0 aliphatic rings. The molecule has 0 saturated carbocycles. The van der Waals surface area contributed by atoms with Gasteiger partial charge in [-0.25, -0.2) is 4.79 Å². The summed E-state index contributed by atoms with van der Waals surface area (Å²) in [6.45, 7) is 1.57. The van der Waals surface area contributed by atoms with E-state index in [2.05, 4.69) is 0 Å². The lowest BCUT2D eigenvalue weighted by molar-refractivity contribution is -0.132. The number of hydrogen-bond donors (Lipinski definition) is 2. The van der Waals surface area contributed by atoms with Crippen LogP contribution in [0.5, 0.6) is 5.75 Å². The summed E-state index contributed by atoms with van der Waals surface area (Å²) in [5.74, 6) is -0.656. The highest BCUT2D eigenvalue weighted by Gasteiger charge is 1.96. The number of aliphatic carboxylic acids is 1. The molecule has 0 unspecified atom stereocenters. The minimum Gasteiger partial charge on any atom is -0.508 e. The lowest BCUT2D eigenvalue weighted by Gasteiger charge is -1.93. The minimum absolute atomic E-state index is 0.235. The summed E-state index contributed by atoms with van der Waals surface area (Å²) >= 11 is 0. The number of rotatable bonds is 4. The van der Waals surface area contributed by atoms with Crippen LogP contribution in [-0.4, -0.2) is 16.2 Å². The second-order valence-electron chi connectivity index (χ2n) is 3.42. The van der Waals surface area contributed by atoms with Gasteiger partial charge in [0.2, 0.25) is 0 Å². The second kappa shape index (κ2) is 5.75. The zero-order chi connectivity index (χ0) is 12.0. The van der Waals surface area contributed by atoms with Gasteiger partial charge in [0.15, 0.2) is 0 Å². The van der Waals surface area contributed by atoms with Crippen LogP contribution in [-0.2, 0) is 4.79 Å². The van der Waals surface area contributed by atoms with Crippen LogP contribution in [0.4, 0.5) is 0 Å². The summed E-state index contributed by atoms with van der Waals surface area (Å²) < 4.78 is 0. The molecule has 1 rings (SSSR count). The van der Waals surface area contributed by atoms with E-state index in [1.165, 1.54) is 0 Å². The van der Waals surface area contributed by atoms with Gasteiger partial charge in [0.05, 0.1) is 0 Å². The van der Waals surface area contributed by atoms with Gasteiger partial charge in [0, 0.05) is 5.57 Å². The standard InChI is InChI=1S/C13H14O3/c1-10(13(15)16)4-2-3-5-11-6-8-12(14)9-7-11/h3-9,14H,2H2,1H3,(H,15,16). The summed E-state index contributed by atoms with van der Waals surface area (Å²) in [4.78, 5) is 10.5. The van der Waals surface area contributed by atoms with Crippen molar-refractivity contribution in [2.75, 3.05) is 0 Å². The maximum absolute atomic E-state index is 10.5. The highest BCUT2D eigenvalue weighted by molar-refractivity contribution is 5.85. The summed E-state index contributed by atoms with van der Waals surface area (Å²) in [5.41, 5.74) is 1.31. The van der Waals surface area contributed by atoms with Crippen molar-refractivity contribution in [1.29, 1.82) is 0 Å². The highest BCUT2D eigenvalue weighted by atomic mass is 16.4. The maximum atomic E-state index is 10.5. The monoisotopic (exact) mass is 218 g/mol. The van der Waals surface area contributed by atoms with Gasteiger partial charge in [-0.2, -0.15) is 0 Å². The Morgan fingerprint density at radius 3 is 2.50 bits per heavy atom. The van der Waals surface area contributed by atoms with E-state index in [1.54, 1.807) is 37.3 Å². The first kappa shape index (κ1) is 12.0.